The quantitative estimate of drug-likeness (QED) is 0.838. The van der Waals surface area contributed by atoms with Crippen LogP contribution >= 0.6 is 0 Å². The summed E-state index contributed by atoms with van der Waals surface area (Å²) in [5, 5.41) is 13.8. The van der Waals surface area contributed by atoms with E-state index in [-0.39, 0.29) is 12.5 Å². The monoisotopic (exact) mass is 260 g/mol. The molecule has 1 amide bonds. The number of hydrogen-bond acceptors (Lipinski definition) is 5. The van der Waals surface area contributed by atoms with Crippen LogP contribution in [0.25, 0.3) is 5.69 Å². The van der Waals surface area contributed by atoms with Gasteiger partial charge in [-0.2, -0.15) is 0 Å². The molecule has 7 heteroatoms. The van der Waals surface area contributed by atoms with Gasteiger partial charge in [0.2, 0.25) is 5.91 Å². The molecule has 1 heterocycles. The highest BCUT2D eigenvalue weighted by atomic mass is 16.2. The van der Waals surface area contributed by atoms with Crippen molar-refractivity contribution in [2.75, 3.05) is 11.9 Å². The average Bonchev–Trinajstić information content (AvgIpc) is 2.93. The predicted octanol–water partition coefficient (Wildman–Crippen LogP) is 0.586. The number of aromatic nitrogens is 4. The SMILES string of the molecule is CC(C)(CN)C(=O)Nc1cccc(-n2cnnn2)c1. The van der Waals surface area contributed by atoms with E-state index in [0.29, 0.717) is 5.69 Å². The van der Waals surface area contributed by atoms with Crippen molar-refractivity contribution in [1.29, 1.82) is 0 Å². The molecule has 0 saturated carbocycles. The molecule has 100 valence electrons. The van der Waals surface area contributed by atoms with Gasteiger partial charge in [0.1, 0.15) is 6.33 Å². The van der Waals surface area contributed by atoms with Crippen LogP contribution in [0.3, 0.4) is 0 Å². The maximum atomic E-state index is 12.0. The smallest absolute Gasteiger partial charge is 0.231 e. The van der Waals surface area contributed by atoms with Crippen molar-refractivity contribution in [3.63, 3.8) is 0 Å². The lowest BCUT2D eigenvalue weighted by molar-refractivity contribution is -0.123. The van der Waals surface area contributed by atoms with Crippen LogP contribution in [0.4, 0.5) is 5.69 Å². The number of amides is 1. The molecule has 0 spiro atoms. The van der Waals surface area contributed by atoms with Crippen molar-refractivity contribution in [3.05, 3.63) is 30.6 Å². The van der Waals surface area contributed by atoms with Gasteiger partial charge in [-0.3, -0.25) is 4.79 Å². The van der Waals surface area contributed by atoms with Crippen molar-refractivity contribution >= 4 is 11.6 Å². The number of benzene rings is 1. The second-order valence-corrected chi connectivity index (χ2v) is 4.85. The molecule has 0 atom stereocenters. The van der Waals surface area contributed by atoms with E-state index in [4.69, 9.17) is 5.73 Å². The molecule has 0 aliphatic carbocycles. The zero-order chi connectivity index (χ0) is 13.9. The summed E-state index contributed by atoms with van der Waals surface area (Å²) in [5.41, 5.74) is 6.42. The first-order chi connectivity index (χ1) is 9.03. The lowest BCUT2D eigenvalue weighted by Crippen LogP contribution is -2.37. The Labute approximate surface area is 110 Å². The Morgan fingerprint density at radius 2 is 2.26 bits per heavy atom. The fourth-order valence-corrected chi connectivity index (χ4v) is 1.40. The summed E-state index contributed by atoms with van der Waals surface area (Å²) in [6.45, 7) is 3.88. The Kier molecular flexibility index (Phi) is 3.57. The Hall–Kier alpha value is -2.28. The molecule has 7 nitrogen and oxygen atoms in total. The van der Waals surface area contributed by atoms with E-state index in [1.165, 1.54) is 11.0 Å². The van der Waals surface area contributed by atoms with Gasteiger partial charge in [-0.15, -0.1) is 5.10 Å². The van der Waals surface area contributed by atoms with Crippen LogP contribution in [-0.2, 0) is 4.79 Å². The van der Waals surface area contributed by atoms with E-state index in [2.05, 4.69) is 20.8 Å². The Morgan fingerprint density at radius 3 is 2.89 bits per heavy atom. The predicted molar refractivity (Wildman–Crippen MR) is 70.6 cm³/mol. The lowest BCUT2D eigenvalue weighted by atomic mass is 9.92. The molecule has 1 aromatic heterocycles. The third-order valence-electron chi connectivity index (χ3n) is 2.84. The molecule has 2 aromatic rings. The summed E-state index contributed by atoms with van der Waals surface area (Å²) < 4.78 is 1.52. The van der Waals surface area contributed by atoms with E-state index in [0.717, 1.165) is 5.69 Å². The van der Waals surface area contributed by atoms with Gasteiger partial charge in [-0.25, -0.2) is 4.68 Å². The van der Waals surface area contributed by atoms with Crippen LogP contribution in [-0.4, -0.2) is 32.7 Å². The summed E-state index contributed by atoms with van der Waals surface area (Å²) in [5.74, 6) is -0.121. The van der Waals surface area contributed by atoms with Crippen LogP contribution in [0, 0.1) is 5.41 Å². The second-order valence-electron chi connectivity index (χ2n) is 4.85. The van der Waals surface area contributed by atoms with Crippen molar-refractivity contribution < 1.29 is 4.79 Å². The fraction of sp³-hybridized carbons (Fsp3) is 0.333. The molecule has 0 radical (unpaired) electrons. The van der Waals surface area contributed by atoms with Gasteiger partial charge in [0, 0.05) is 12.2 Å². The second kappa shape index (κ2) is 5.15. The summed E-state index contributed by atoms with van der Waals surface area (Å²) in [4.78, 5) is 12.0. The summed E-state index contributed by atoms with van der Waals surface area (Å²) >= 11 is 0. The molecule has 0 aliphatic rings. The van der Waals surface area contributed by atoms with E-state index < -0.39 is 5.41 Å². The minimum Gasteiger partial charge on any atom is -0.329 e. The lowest BCUT2D eigenvalue weighted by Gasteiger charge is -2.21. The van der Waals surface area contributed by atoms with E-state index in [1.807, 2.05) is 12.1 Å². The number of hydrogen-bond donors (Lipinski definition) is 2. The third-order valence-corrected chi connectivity index (χ3v) is 2.84. The fourth-order valence-electron chi connectivity index (χ4n) is 1.40. The molecule has 2 rings (SSSR count). The highest BCUT2D eigenvalue weighted by molar-refractivity contribution is 5.95. The molecule has 0 aliphatic heterocycles. The number of nitrogens with zero attached hydrogens (tertiary/aromatic N) is 4. The van der Waals surface area contributed by atoms with E-state index in [1.54, 1.807) is 26.0 Å². The molecule has 0 unspecified atom stereocenters. The van der Waals surface area contributed by atoms with Crippen molar-refractivity contribution in [3.8, 4) is 5.69 Å². The topological polar surface area (TPSA) is 98.7 Å². The van der Waals surface area contributed by atoms with E-state index in [9.17, 15) is 4.79 Å². The van der Waals surface area contributed by atoms with Crippen molar-refractivity contribution in [1.82, 2.24) is 20.2 Å². The molecule has 19 heavy (non-hydrogen) atoms. The first kappa shape index (κ1) is 13.2. The summed E-state index contributed by atoms with van der Waals surface area (Å²) in [6, 6.07) is 7.27. The third kappa shape index (κ3) is 2.94. The molecule has 0 saturated heterocycles. The minimum absolute atomic E-state index is 0.121. The maximum absolute atomic E-state index is 12.0. The number of anilines is 1. The molecule has 1 aromatic carbocycles. The molecular formula is C12H16N6O. The van der Waals surface area contributed by atoms with Crippen LogP contribution in [0.5, 0.6) is 0 Å². The normalized spacial score (nSPS) is 11.3. The van der Waals surface area contributed by atoms with Crippen molar-refractivity contribution in [2.45, 2.75) is 13.8 Å². The first-order valence-corrected chi connectivity index (χ1v) is 5.88. The Bertz CT molecular complexity index is 563. The van der Waals surface area contributed by atoms with Gasteiger partial charge in [0.05, 0.1) is 11.1 Å². The number of carbonyl (C=O) groups is 1. The number of carbonyl (C=O) groups excluding carboxylic acids is 1. The molecule has 0 fully saturated rings. The largest absolute Gasteiger partial charge is 0.329 e. The standard InChI is InChI=1S/C12H16N6O/c1-12(2,7-13)11(19)15-9-4-3-5-10(6-9)18-8-14-16-17-18/h3-6,8H,7,13H2,1-2H3,(H,15,19). The minimum atomic E-state index is -0.606. The highest BCUT2D eigenvalue weighted by Crippen LogP contribution is 2.18. The molecular weight excluding hydrogens is 244 g/mol. The summed E-state index contributed by atoms with van der Waals surface area (Å²) in [6.07, 6.45) is 1.49. The highest BCUT2D eigenvalue weighted by Gasteiger charge is 2.25. The van der Waals surface area contributed by atoms with Gasteiger partial charge >= 0.3 is 0 Å². The maximum Gasteiger partial charge on any atom is 0.231 e. The number of nitrogens with two attached hydrogens (primary N) is 1. The van der Waals surface area contributed by atoms with Gasteiger partial charge < -0.3 is 11.1 Å². The van der Waals surface area contributed by atoms with Crippen LogP contribution in [0.15, 0.2) is 30.6 Å². The van der Waals surface area contributed by atoms with Crippen LogP contribution in [0.1, 0.15) is 13.8 Å². The number of nitrogens with one attached hydrogen (secondary N) is 1. The van der Waals surface area contributed by atoms with Crippen molar-refractivity contribution in [2.24, 2.45) is 11.1 Å². The van der Waals surface area contributed by atoms with Gasteiger partial charge in [0.25, 0.3) is 0 Å². The zero-order valence-corrected chi connectivity index (χ0v) is 10.9. The van der Waals surface area contributed by atoms with Gasteiger partial charge in [0.15, 0.2) is 0 Å². The Morgan fingerprint density at radius 1 is 1.47 bits per heavy atom. The molecule has 3 N–H and O–H groups in total. The number of rotatable bonds is 4. The first-order valence-electron chi connectivity index (χ1n) is 5.88. The molecule has 0 bridgehead atoms. The van der Waals surface area contributed by atoms with Gasteiger partial charge in [-0.1, -0.05) is 6.07 Å². The summed E-state index contributed by atoms with van der Waals surface area (Å²) in [7, 11) is 0. The Balaban J connectivity index is 2.19. The zero-order valence-electron chi connectivity index (χ0n) is 10.9. The average molecular weight is 260 g/mol. The van der Waals surface area contributed by atoms with Gasteiger partial charge in [-0.05, 0) is 42.5 Å². The number of tetrazole rings is 1. The van der Waals surface area contributed by atoms with Crippen LogP contribution < -0.4 is 11.1 Å². The van der Waals surface area contributed by atoms with Crippen LogP contribution in [0.2, 0.25) is 0 Å². The van der Waals surface area contributed by atoms with E-state index >= 15 is 0 Å².